The fourth-order valence-electron chi connectivity index (χ4n) is 1.80. The van der Waals surface area contributed by atoms with Gasteiger partial charge in [0.2, 0.25) is 0 Å². The van der Waals surface area contributed by atoms with E-state index < -0.39 is 0 Å². The van der Waals surface area contributed by atoms with Crippen molar-refractivity contribution in [3.63, 3.8) is 0 Å². The lowest BCUT2D eigenvalue weighted by Gasteiger charge is -2.14. The van der Waals surface area contributed by atoms with Crippen molar-refractivity contribution in [3.8, 4) is 0 Å². The molecule has 0 fully saturated rings. The minimum absolute atomic E-state index is 0.596. The van der Waals surface area contributed by atoms with Gasteiger partial charge in [0.25, 0.3) is 0 Å². The van der Waals surface area contributed by atoms with Crippen LogP contribution in [0.1, 0.15) is 16.9 Å². The first-order valence-electron chi connectivity index (χ1n) is 5.59. The number of nitrogens with one attached hydrogen (secondary N) is 1. The molecule has 2 rings (SSSR count). The fourth-order valence-corrected chi connectivity index (χ4v) is 3.29. The highest BCUT2D eigenvalue weighted by molar-refractivity contribution is 7.09. The summed E-state index contributed by atoms with van der Waals surface area (Å²) in [6.07, 6.45) is 3.55. The number of hydrogen-bond acceptors (Lipinski definition) is 3. The summed E-state index contributed by atoms with van der Waals surface area (Å²) in [4.78, 5) is 1.48. The van der Waals surface area contributed by atoms with E-state index in [1.165, 1.54) is 23.3 Å². The molecule has 1 N–H and O–H groups in total. The maximum atomic E-state index is 3.41. The van der Waals surface area contributed by atoms with E-state index in [-0.39, 0.29) is 0 Å². The average Bonchev–Trinajstić information content (AvgIpc) is 2.97. The lowest BCUT2D eigenvalue weighted by molar-refractivity contribution is 0.523. The van der Waals surface area contributed by atoms with Crippen LogP contribution in [0.25, 0.3) is 0 Å². The predicted octanol–water partition coefficient (Wildman–Crippen LogP) is 3.57. The van der Waals surface area contributed by atoms with Gasteiger partial charge in [-0.25, -0.2) is 0 Å². The van der Waals surface area contributed by atoms with Crippen LogP contribution in [-0.2, 0) is 12.8 Å². The van der Waals surface area contributed by atoms with Crippen molar-refractivity contribution in [2.75, 3.05) is 7.05 Å². The van der Waals surface area contributed by atoms with E-state index in [0.717, 1.165) is 6.42 Å². The van der Waals surface area contributed by atoms with Crippen molar-refractivity contribution in [1.82, 2.24) is 5.32 Å². The summed E-state index contributed by atoms with van der Waals surface area (Å²) in [5.41, 5.74) is 1.47. The first kappa shape index (κ1) is 11.8. The molecule has 0 radical (unpaired) electrons. The van der Waals surface area contributed by atoms with Crippen LogP contribution in [0.15, 0.2) is 34.3 Å². The van der Waals surface area contributed by atoms with E-state index >= 15 is 0 Å². The zero-order valence-corrected chi connectivity index (χ0v) is 11.1. The second-order valence-corrected chi connectivity index (χ2v) is 5.75. The van der Waals surface area contributed by atoms with E-state index in [4.69, 9.17) is 0 Å². The molecule has 0 saturated heterocycles. The van der Waals surface area contributed by atoms with Crippen LogP contribution in [0.5, 0.6) is 0 Å². The normalized spacial score (nSPS) is 12.8. The molecule has 0 aliphatic heterocycles. The van der Waals surface area contributed by atoms with Gasteiger partial charge in [-0.05, 0) is 60.1 Å². The van der Waals surface area contributed by atoms with Crippen molar-refractivity contribution in [1.29, 1.82) is 0 Å². The topological polar surface area (TPSA) is 12.0 Å². The molecule has 86 valence electrons. The summed E-state index contributed by atoms with van der Waals surface area (Å²) in [5, 5.41) is 9.97. The lowest BCUT2D eigenvalue weighted by atomic mass is 10.0. The third kappa shape index (κ3) is 3.44. The molecule has 0 amide bonds. The minimum Gasteiger partial charge on any atom is -0.317 e. The Morgan fingerprint density at radius 3 is 2.88 bits per heavy atom. The van der Waals surface area contributed by atoms with Gasteiger partial charge in [-0.2, -0.15) is 11.3 Å². The molecular formula is C13H17NS2. The number of hydrogen-bond donors (Lipinski definition) is 1. The Kier molecular flexibility index (Phi) is 4.57. The number of thiophene rings is 2. The molecule has 0 bridgehead atoms. The van der Waals surface area contributed by atoms with Gasteiger partial charge in [0.05, 0.1) is 0 Å². The fraction of sp³-hybridized carbons (Fsp3) is 0.385. The van der Waals surface area contributed by atoms with Crippen LogP contribution in [-0.4, -0.2) is 13.1 Å². The molecule has 2 aromatic heterocycles. The van der Waals surface area contributed by atoms with Gasteiger partial charge in [-0.3, -0.25) is 0 Å². The molecule has 0 spiro atoms. The van der Waals surface area contributed by atoms with Gasteiger partial charge in [0.1, 0.15) is 0 Å². The Hall–Kier alpha value is -0.640. The Morgan fingerprint density at radius 2 is 2.25 bits per heavy atom. The van der Waals surface area contributed by atoms with Gasteiger partial charge < -0.3 is 5.32 Å². The van der Waals surface area contributed by atoms with Crippen LogP contribution in [0.2, 0.25) is 0 Å². The zero-order valence-electron chi connectivity index (χ0n) is 9.48. The highest BCUT2D eigenvalue weighted by atomic mass is 32.1. The maximum Gasteiger partial charge on any atom is 0.0115 e. The van der Waals surface area contributed by atoms with Gasteiger partial charge in [0, 0.05) is 10.9 Å². The summed E-state index contributed by atoms with van der Waals surface area (Å²) in [6.45, 7) is 0. The summed E-state index contributed by atoms with van der Waals surface area (Å²) in [5.74, 6) is 0. The molecule has 0 aliphatic rings. The largest absolute Gasteiger partial charge is 0.317 e. The van der Waals surface area contributed by atoms with Gasteiger partial charge >= 0.3 is 0 Å². The second-order valence-electron chi connectivity index (χ2n) is 3.94. The molecular weight excluding hydrogens is 234 g/mol. The lowest BCUT2D eigenvalue weighted by Crippen LogP contribution is -2.27. The maximum absolute atomic E-state index is 3.41. The van der Waals surface area contributed by atoms with Gasteiger partial charge in [-0.1, -0.05) is 6.07 Å². The Labute approximate surface area is 105 Å². The summed E-state index contributed by atoms with van der Waals surface area (Å²) < 4.78 is 0. The molecule has 0 aromatic carbocycles. The van der Waals surface area contributed by atoms with E-state index in [1.54, 1.807) is 11.3 Å². The molecule has 16 heavy (non-hydrogen) atoms. The van der Waals surface area contributed by atoms with Crippen LogP contribution in [0.4, 0.5) is 0 Å². The van der Waals surface area contributed by atoms with Gasteiger partial charge in [-0.15, -0.1) is 11.3 Å². The first-order valence-corrected chi connectivity index (χ1v) is 7.41. The molecule has 1 unspecified atom stereocenters. The predicted molar refractivity (Wildman–Crippen MR) is 73.5 cm³/mol. The van der Waals surface area contributed by atoms with Crippen molar-refractivity contribution in [2.24, 2.45) is 0 Å². The van der Waals surface area contributed by atoms with Crippen molar-refractivity contribution in [2.45, 2.75) is 25.3 Å². The van der Waals surface area contributed by atoms with Crippen LogP contribution in [0.3, 0.4) is 0 Å². The van der Waals surface area contributed by atoms with Crippen molar-refractivity contribution in [3.05, 3.63) is 44.8 Å². The standard InChI is InChI=1S/C13H17NS2/c1-14-12(9-13-3-2-7-16-13)5-4-11-6-8-15-10-11/h2-3,6-8,10,12,14H,4-5,9H2,1H3. The molecule has 1 nitrogen and oxygen atoms in total. The monoisotopic (exact) mass is 251 g/mol. The average molecular weight is 251 g/mol. The van der Waals surface area contributed by atoms with Crippen LogP contribution >= 0.6 is 22.7 Å². The number of rotatable bonds is 6. The Morgan fingerprint density at radius 1 is 1.31 bits per heavy atom. The third-order valence-corrected chi connectivity index (χ3v) is 4.43. The molecule has 3 heteroatoms. The number of aryl methyl sites for hydroxylation is 1. The van der Waals surface area contributed by atoms with E-state index in [9.17, 15) is 0 Å². The molecule has 1 atom stereocenters. The van der Waals surface area contributed by atoms with Crippen LogP contribution in [0, 0.1) is 0 Å². The number of likely N-dealkylation sites (N-methyl/N-ethyl adjacent to an activating group) is 1. The SMILES string of the molecule is CNC(CCc1ccsc1)Cc1cccs1. The van der Waals surface area contributed by atoms with Gasteiger partial charge in [0.15, 0.2) is 0 Å². The Bertz CT molecular complexity index is 378. The zero-order chi connectivity index (χ0) is 11.2. The molecule has 0 aliphatic carbocycles. The highest BCUT2D eigenvalue weighted by Crippen LogP contribution is 2.15. The Balaban J connectivity index is 1.81. The molecule has 2 heterocycles. The van der Waals surface area contributed by atoms with Crippen molar-refractivity contribution >= 4 is 22.7 Å². The van der Waals surface area contributed by atoms with E-state index in [0.29, 0.717) is 6.04 Å². The second kappa shape index (κ2) is 6.18. The summed E-state index contributed by atoms with van der Waals surface area (Å²) in [7, 11) is 2.06. The van der Waals surface area contributed by atoms with Crippen molar-refractivity contribution < 1.29 is 0 Å². The minimum atomic E-state index is 0.596. The van der Waals surface area contributed by atoms with E-state index in [1.807, 2.05) is 11.3 Å². The highest BCUT2D eigenvalue weighted by Gasteiger charge is 2.08. The summed E-state index contributed by atoms with van der Waals surface area (Å²) in [6, 6.07) is 7.17. The van der Waals surface area contributed by atoms with Crippen LogP contribution < -0.4 is 5.32 Å². The third-order valence-electron chi connectivity index (χ3n) is 2.80. The summed E-state index contributed by atoms with van der Waals surface area (Å²) >= 11 is 3.64. The molecule has 2 aromatic rings. The van der Waals surface area contributed by atoms with E-state index in [2.05, 4.69) is 46.7 Å². The first-order chi connectivity index (χ1) is 7.88. The quantitative estimate of drug-likeness (QED) is 0.827. The smallest absolute Gasteiger partial charge is 0.0115 e. The molecule has 0 saturated carbocycles.